The van der Waals surface area contributed by atoms with Crippen LogP contribution in [0.15, 0.2) is 22.7 Å². The molecular formula is C14H15BrIN3O. The van der Waals surface area contributed by atoms with Gasteiger partial charge in [-0.25, -0.2) is 9.97 Å². The van der Waals surface area contributed by atoms with Crippen molar-refractivity contribution >= 4 is 44.3 Å². The molecule has 0 unspecified atom stereocenters. The predicted molar refractivity (Wildman–Crippen MR) is 93.4 cm³/mol. The van der Waals surface area contributed by atoms with E-state index in [1.807, 2.05) is 25.2 Å². The van der Waals surface area contributed by atoms with Crippen LogP contribution in [0.3, 0.4) is 0 Å². The number of aromatic nitrogens is 2. The Labute approximate surface area is 140 Å². The van der Waals surface area contributed by atoms with Gasteiger partial charge < -0.3 is 10.1 Å². The molecule has 2 aromatic rings. The second-order valence-corrected chi connectivity index (χ2v) is 6.10. The fourth-order valence-corrected chi connectivity index (χ4v) is 3.12. The van der Waals surface area contributed by atoms with E-state index < -0.39 is 0 Å². The van der Waals surface area contributed by atoms with Crippen LogP contribution in [0.5, 0.6) is 5.75 Å². The molecule has 1 heterocycles. The van der Waals surface area contributed by atoms with Crippen LogP contribution in [0, 0.1) is 3.57 Å². The molecule has 0 saturated heterocycles. The first kappa shape index (κ1) is 15.5. The smallest absolute Gasteiger partial charge is 0.165 e. The molecule has 1 N–H and O–H groups in total. The summed E-state index contributed by atoms with van der Waals surface area (Å²) in [4.78, 5) is 9.25. The third-order valence-corrected chi connectivity index (χ3v) is 4.52. The van der Waals surface area contributed by atoms with Crippen molar-refractivity contribution in [3.8, 4) is 17.1 Å². The van der Waals surface area contributed by atoms with E-state index in [0.29, 0.717) is 5.82 Å². The topological polar surface area (TPSA) is 47.0 Å². The molecule has 1 aromatic carbocycles. The van der Waals surface area contributed by atoms with Crippen molar-refractivity contribution in [3.63, 3.8) is 0 Å². The Morgan fingerprint density at radius 3 is 2.70 bits per heavy atom. The second-order valence-electron chi connectivity index (χ2n) is 4.10. The number of aryl methyl sites for hydroxylation is 1. The fourth-order valence-electron chi connectivity index (χ4n) is 1.87. The molecule has 0 atom stereocenters. The molecule has 4 nitrogen and oxygen atoms in total. The molecule has 106 valence electrons. The van der Waals surface area contributed by atoms with Crippen molar-refractivity contribution in [3.05, 3.63) is 31.9 Å². The van der Waals surface area contributed by atoms with Crippen LogP contribution in [0.25, 0.3) is 11.4 Å². The monoisotopic (exact) mass is 447 g/mol. The fraction of sp³-hybridized carbons (Fsp3) is 0.286. The largest absolute Gasteiger partial charge is 0.496 e. The first-order chi connectivity index (χ1) is 9.60. The highest BCUT2D eigenvalue weighted by Gasteiger charge is 2.15. The van der Waals surface area contributed by atoms with Gasteiger partial charge in [0.1, 0.15) is 11.6 Å². The van der Waals surface area contributed by atoms with E-state index in [1.165, 1.54) is 0 Å². The Balaban J connectivity index is 2.66. The molecule has 0 aliphatic heterocycles. The molecule has 0 amide bonds. The summed E-state index contributed by atoms with van der Waals surface area (Å²) in [5, 5.41) is 3.12. The summed E-state index contributed by atoms with van der Waals surface area (Å²) in [5.41, 5.74) is 1.91. The van der Waals surface area contributed by atoms with Gasteiger partial charge in [0.15, 0.2) is 5.82 Å². The quantitative estimate of drug-likeness (QED) is 0.716. The number of hydrogen-bond donors (Lipinski definition) is 1. The number of halogens is 2. The summed E-state index contributed by atoms with van der Waals surface area (Å²) in [6.45, 7) is 2.09. The Morgan fingerprint density at radius 2 is 2.10 bits per heavy atom. The standard InChI is InChI=1S/C14H15BrIN3O/c1-4-10-12(16)14(17-2)19-13(18-10)9-7-8(15)5-6-11(9)20-3/h5-7H,4H2,1-3H3,(H,17,18,19). The molecule has 0 aliphatic carbocycles. The van der Waals surface area contributed by atoms with Gasteiger partial charge in [0.25, 0.3) is 0 Å². The van der Waals surface area contributed by atoms with Crippen LogP contribution in [-0.2, 0) is 6.42 Å². The molecule has 1 aromatic heterocycles. The third-order valence-electron chi connectivity index (χ3n) is 2.89. The molecule has 0 aliphatic rings. The lowest BCUT2D eigenvalue weighted by atomic mass is 10.1. The van der Waals surface area contributed by atoms with E-state index in [4.69, 9.17) is 4.74 Å². The number of nitrogens with zero attached hydrogens (tertiary/aromatic N) is 2. The SMILES string of the molecule is CCc1nc(-c2cc(Br)ccc2OC)nc(NC)c1I. The third kappa shape index (κ3) is 3.06. The number of hydrogen-bond acceptors (Lipinski definition) is 4. The van der Waals surface area contributed by atoms with E-state index in [2.05, 4.69) is 60.7 Å². The summed E-state index contributed by atoms with van der Waals surface area (Å²) < 4.78 is 7.44. The maximum Gasteiger partial charge on any atom is 0.165 e. The predicted octanol–water partition coefficient (Wildman–Crippen LogP) is 4.12. The minimum atomic E-state index is 0.671. The average molecular weight is 448 g/mol. The molecule has 0 fully saturated rings. The molecular weight excluding hydrogens is 433 g/mol. The van der Waals surface area contributed by atoms with Crippen molar-refractivity contribution in [1.29, 1.82) is 0 Å². The van der Waals surface area contributed by atoms with Crippen LogP contribution < -0.4 is 10.1 Å². The normalized spacial score (nSPS) is 10.4. The van der Waals surface area contributed by atoms with Gasteiger partial charge in [-0.15, -0.1) is 0 Å². The summed E-state index contributed by atoms with van der Waals surface area (Å²) in [7, 11) is 3.52. The van der Waals surface area contributed by atoms with Crippen LogP contribution in [0.4, 0.5) is 5.82 Å². The molecule has 20 heavy (non-hydrogen) atoms. The van der Waals surface area contributed by atoms with E-state index in [-0.39, 0.29) is 0 Å². The highest BCUT2D eigenvalue weighted by Crippen LogP contribution is 2.32. The Kier molecular flexibility index (Phi) is 5.20. The summed E-state index contributed by atoms with van der Waals surface area (Å²) in [5.74, 6) is 2.28. The molecule has 0 spiro atoms. The number of rotatable bonds is 4. The van der Waals surface area contributed by atoms with E-state index in [0.717, 1.165) is 37.3 Å². The van der Waals surface area contributed by atoms with Crippen LogP contribution >= 0.6 is 38.5 Å². The lowest BCUT2D eigenvalue weighted by molar-refractivity contribution is 0.416. The lowest BCUT2D eigenvalue weighted by Crippen LogP contribution is -2.05. The van der Waals surface area contributed by atoms with Gasteiger partial charge >= 0.3 is 0 Å². The lowest BCUT2D eigenvalue weighted by Gasteiger charge is -2.12. The molecule has 2 rings (SSSR count). The van der Waals surface area contributed by atoms with Crippen molar-refractivity contribution in [2.45, 2.75) is 13.3 Å². The van der Waals surface area contributed by atoms with Crippen molar-refractivity contribution < 1.29 is 4.74 Å². The summed E-state index contributed by atoms with van der Waals surface area (Å²) in [6.07, 6.45) is 0.860. The maximum absolute atomic E-state index is 5.41. The molecule has 0 radical (unpaired) electrons. The van der Waals surface area contributed by atoms with Gasteiger partial charge in [-0.2, -0.15) is 0 Å². The maximum atomic E-state index is 5.41. The van der Waals surface area contributed by atoms with Gasteiger partial charge in [-0.05, 0) is 47.2 Å². The van der Waals surface area contributed by atoms with E-state index >= 15 is 0 Å². The highest BCUT2D eigenvalue weighted by atomic mass is 127. The Hall–Kier alpha value is -0.890. The van der Waals surface area contributed by atoms with Crippen molar-refractivity contribution in [2.24, 2.45) is 0 Å². The van der Waals surface area contributed by atoms with Crippen molar-refractivity contribution in [2.75, 3.05) is 19.5 Å². The van der Waals surface area contributed by atoms with Gasteiger partial charge in [-0.3, -0.25) is 0 Å². The van der Waals surface area contributed by atoms with Crippen molar-refractivity contribution in [1.82, 2.24) is 9.97 Å². The number of nitrogens with one attached hydrogen (secondary N) is 1. The van der Waals surface area contributed by atoms with Gasteiger partial charge in [0, 0.05) is 11.5 Å². The average Bonchev–Trinajstić information content (AvgIpc) is 2.47. The zero-order valence-corrected chi connectivity index (χ0v) is 15.2. The first-order valence-corrected chi connectivity index (χ1v) is 8.06. The van der Waals surface area contributed by atoms with Crippen LogP contribution in [0.2, 0.25) is 0 Å². The molecule has 0 saturated carbocycles. The Bertz CT molecular complexity index is 609. The van der Waals surface area contributed by atoms with Gasteiger partial charge in [-0.1, -0.05) is 22.9 Å². The molecule has 0 bridgehead atoms. The summed E-state index contributed by atoms with van der Waals surface area (Å²) in [6, 6.07) is 5.82. The van der Waals surface area contributed by atoms with E-state index in [1.54, 1.807) is 7.11 Å². The second kappa shape index (κ2) is 6.71. The number of benzene rings is 1. The molecule has 6 heteroatoms. The minimum Gasteiger partial charge on any atom is -0.496 e. The van der Waals surface area contributed by atoms with Gasteiger partial charge in [0.05, 0.1) is 21.9 Å². The number of anilines is 1. The highest BCUT2D eigenvalue weighted by molar-refractivity contribution is 14.1. The zero-order valence-electron chi connectivity index (χ0n) is 11.5. The zero-order chi connectivity index (χ0) is 14.7. The van der Waals surface area contributed by atoms with E-state index in [9.17, 15) is 0 Å². The van der Waals surface area contributed by atoms with Gasteiger partial charge in [0.2, 0.25) is 0 Å². The van der Waals surface area contributed by atoms with Crippen LogP contribution in [-0.4, -0.2) is 24.1 Å². The van der Waals surface area contributed by atoms with Crippen LogP contribution in [0.1, 0.15) is 12.6 Å². The Morgan fingerprint density at radius 1 is 1.35 bits per heavy atom. The summed E-state index contributed by atoms with van der Waals surface area (Å²) >= 11 is 5.75. The number of methoxy groups -OCH3 is 1. The first-order valence-electron chi connectivity index (χ1n) is 6.18. The number of ether oxygens (including phenoxy) is 1. The minimum absolute atomic E-state index is 0.671.